The largest absolute Gasteiger partial charge is 0.472 e. The zero-order valence-corrected chi connectivity index (χ0v) is 14.5. The minimum absolute atomic E-state index is 0.0728. The summed E-state index contributed by atoms with van der Waals surface area (Å²) in [4.78, 5) is 23.6. The topological polar surface area (TPSA) is 109 Å². The van der Waals surface area contributed by atoms with E-state index in [1.807, 2.05) is 6.92 Å². The van der Waals surface area contributed by atoms with E-state index in [9.17, 15) is 18.0 Å². The van der Waals surface area contributed by atoms with Crippen LogP contribution in [0, 0.1) is 0 Å². The van der Waals surface area contributed by atoms with Crippen LogP contribution in [0.4, 0.5) is 0 Å². The summed E-state index contributed by atoms with van der Waals surface area (Å²) < 4.78 is 30.3. The minimum Gasteiger partial charge on any atom is -0.472 e. The molecule has 0 bridgehead atoms. The van der Waals surface area contributed by atoms with Gasteiger partial charge in [-0.1, -0.05) is 6.92 Å². The maximum absolute atomic E-state index is 12.0. The Labute approximate surface area is 141 Å². The van der Waals surface area contributed by atoms with E-state index in [1.165, 1.54) is 22.9 Å². The first-order chi connectivity index (χ1) is 11.4. The lowest BCUT2D eigenvalue weighted by Gasteiger charge is -2.31. The van der Waals surface area contributed by atoms with Gasteiger partial charge in [0, 0.05) is 19.1 Å². The summed E-state index contributed by atoms with van der Waals surface area (Å²) in [6.45, 7) is 2.53. The number of hydrogen-bond donors (Lipinski definition) is 2. The first-order valence-corrected chi connectivity index (χ1v) is 9.61. The van der Waals surface area contributed by atoms with Gasteiger partial charge in [0.15, 0.2) is 0 Å². The number of hydrogen-bond acceptors (Lipinski definition) is 5. The fourth-order valence-electron chi connectivity index (χ4n) is 2.60. The Hall–Kier alpha value is -1.87. The van der Waals surface area contributed by atoms with Gasteiger partial charge in [0.25, 0.3) is 5.91 Å². The highest BCUT2D eigenvalue weighted by atomic mass is 32.2. The summed E-state index contributed by atoms with van der Waals surface area (Å²) in [6.07, 6.45) is 4.43. The maximum Gasteiger partial charge on any atom is 0.254 e. The van der Waals surface area contributed by atoms with E-state index < -0.39 is 10.0 Å². The molecule has 1 aromatic rings. The molecule has 0 spiro atoms. The molecule has 1 aliphatic rings. The third-order valence-electron chi connectivity index (χ3n) is 3.87. The monoisotopic (exact) mass is 357 g/mol. The van der Waals surface area contributed by atoms with Crippen LogP contribution in [0.3, 0.4) is 0 Å². The van der Waals surface area contributed by atoms with Crippen molar-refractivity contribution in [3.8, 4) is 0 Å². The number of carbonyl (C=O) groups is 2. The molecule has 0 atom stereocenters. The molecule has 1 aliphatic heterocycles. The van der Waals surface area contributed by atoms with Crippen LogP contribution in [0.15, 0.2) is 23.0 Å². The molecule has 1 aromatic heterocycles. The zero-order chi connectivity index (χ0) is 17.6. The van der Waals surface area contributed by atoms with Gasteiger partial charge >= 0.3 is 0 Å². The molecule has 2 amide bonds. The van der Waals surface area contributed by atoms with Gasteiger partial charge in [0.2, 0.25) is 15.9 Å². The number of amides is 2. The van der Waals surface area contributed by atoms with Crippen LogP contribution in [0.1, 0.15) is 36.5 Å². The molecule has 0 saturated carbocycles. The molecular weight excluding hydrogens is 334 g/mol. The highest BCUT2D eigenvalue weighted by Crippen LogP contribution is 2.15. The molecule has 9 heteroatoms. The lowest BCUT2D eigenvalue weighted by Crippen LogP contribution is -2.49. The van der Waals surface area contributed by atoms with Gasteiger partial charge in [0.05, 0.1) is 24.1 Å². The highest BCUT2D eigenvalue weighted by Gasteiger charge is 2.27. The number of sulfonamides is 1. The Morgan fingerprint density at radius 3 is 2.62 bits per heavy atom. The summed E-state index contributed by atoms with van der Waals surface area (Å²) in [5.41, 5.74) is 0.359. The van der Waals surface area contributed by atoms with Crippen LogP contribution in [0.2, 0.25) is 0 Å². The Morgan fingerprint density at radius 2 is 2.04 bits per heavy atom. The van der Waals surface area contributed by atoms with Crippen molar-refractivity contribution < 1.29 is 22.4 Å². The summed E-state index contributed by atoms with van der Waals surface area (Å²) >= 11 is 0. The highest BCUT2D eigenvalue weighted by molar-refractivity contribution is 7.89. The fourth-order valence-corrected chi connectivity index (χ4v) is 4.14. The van der Waals surface area contributed by atoms with Crippen LogP contribution in [0.25, 0.3) is 0 Å². The lowest BCUT2D eigenvalue weighted by atomic mass is 10.1. The maximum atomic E-state index is 12.0. The second-order valence-corrected chi connectivity index (χ2v) is 7.84. The van der Waals surface area contributed by atoms with E-state index in [1.54, 1.807) is 0 Å². The molecule has 0 radical (unpaired) electrons. The predicted octanol–water partition coefficient (Wildman–Crippen LogP) is 0.330. The number of carbonyl (C=O) groups excluding carboxylic acids is 2. The van der Waals surface area contributed by atoms with Crippen LogP contribution >= 0.6 is 0 Å². The van der Waals surface area contributed by atoms with E-state index in [0.717, 1.165) is 0 Å². The Kier molecular flexibility index (Phi) is 6.38. The quantitative estimate of drug-likeness (QED) is 0.731. The molecule has 2 rings (SSSR count). The second kappa shape index (κ2) is 8.29. The molecular formula is C15H23N3O5S. The van der Waals surface area contributed by atoms with Crippen LogP contribution in [-0.2, 0) is 14.8 Å². The fraction of sp³-hybridized carbons (Fsp3) is 0.600. The van der Waals surface area contributed by atoms with Crippen molar-refractivity contribution in [2.24, 2.45) is 0 Å². The number of nitrogens with one attached hydrogen (secondary N) is 2. The first-order valence-electron chi connectivity index (χ1n) is 8.00. The van der Waals surface area contributed by atoms with Crippen molar-refractivity contribution in [2.45, 2.75) is 32.2 Å². The van der Waals surface area contributed by atoms with Crippen molar-refractivity contribution in [2.75, 3.05) is 25.4 Å². The van der Waals surface area contributed by atoms with Crippen molar-refractivity contribution in [1.82, 2.24) is 14.9 Å². The normalized spacial score (nSPS) is 16.7. The van der Waals surface area contributed by atoms with E-state index >= 15 is 0 Å². The Balaban J connectivity index is 1.71. The molecule has 134 valence electrons. The molecule has 2 N–H and O–H groups in total. The molecule has 2 heterocycles. The van der Waals surface area contributed by atoms with Crippen LogP contribution < -0.4 is 10.6 Å². The molecule has 1 fully saturated rings. The van der Waals surface area contributed by atoms with Gasteiger partial charge in [-0.25, -0.2) is 12.7 Å². The van der Waals surface area contributed by atoms with E-state index in [4.69, 9.17) is 4.42 Å². The molecule has 1 saturated heterocycles. The van der Waals surface area contributed by atoms with Crippen LogP contribution in [0.5, 0.6) is 0 Å². The van der Waals surface area contributed by atoms with E-state index in [0.29, 0.717) is 37.9 Å². The van der Waals surface area contributed by atoms with Gasteiger partial charge in [-0.05, 0) is 25.3 Å². The number of furan rings is 1. The predicted molar refractivity (Wildman–Crippen MR) is 87.9 cm³/mol. The van der Waals surface area contributed by atoms with Crippen LogP contribution in [-0.4, -0.2) is 56.0 Å². The summed E-state index contributed by atoms with van der Waals surface area (Å²) in [5, 5.41) is 5.33. The molecule has 0 aliphatic carbocycles. The van der Waals surface area contributed by atoms with Crippen molar-refractivity contribution in [3.05, 3.63) is 24.2 Å². The summed E-state index contributed by atoms with van der Waals surface area (Å²) in [5.74, 6) is -0.509. The number of nitrogens with zero attached hydrogens (tertiary/aromatic N) is 1. The van der Waals surface area contributed by atoms with Gasteiger partial charge in [-0.2, -0.15) is 0 Å². The van der Waals surface area contributed by atoms with Gasteiger partial charge < -0.3 is 15.1 Å². The third-order valence-corrected chi connectivity index (χ3v) is 5.94. The Morgan fingerprint density at radius 1 is 1.33 bits per heavy atom. The van der Waals surface area contributed by atoms with E-state index in [-0.39, 0.29) is 30.2 Å². The van der Waals surface area contributed by atoms with E-state index in [2.05, 4.69) is 10.6 Å². The molecule has 0 aromatic carbocycles. The van der Waals surface area contributed by atoms with Crippen molar-refractivity contribution >= 4 is 21.8 Å². The lowest BCUT2D eigenvalue weighted by molar-refractivity contribution is -0.121. The van der Waals surface area contributed by atoms with Gasteiger partial charge in [0.1, 0.15) is 6.26 Å². The SMILES string of the molecule is CCCS(=O)(=O)N1CCC(NC(=O)CNC(=O)c2ccoc2)CC1. The molecule has 24 heavy (non-hydrogen) atoms. The summed E-state index contributed by atoms with van der Waals surface area (Å²) in [7, 11) is -3.18. The zero-order valence-electron chi connectivity index (χ0n) is 13.7. The smallest absolute Gasteiger partial charge is 0.254 e. The average molecular weight is 357 g/mol. The number of rotatable bonds is 7. The summed E-state index contributed by atoms with van der Waals surface area (Å²) in [6, 6.07) is 1.44. The van der Waals surface area contributed by atoms with Gasteiger partial charge in [-0.15, -0.1) is 0 Å². The van der Waals surface area contributed by atoms with Gasteiger partial charge in [-0.3, -0.25) is 9.59 Å². The minimum atomic E-state index is -3.18. The second-order valence-electron chi connectivity index (χ2n) is 5.75. The molecule has 0 unspecified atom stereocenters. The number of piperidine rings is 1. The molecule has 8 nitrogen and oxygen atoms in total. The first kappa shape index (κ1) is 18.5. The standard InChI is InChI=1S/C15H23N3O5S/c1-2-9-24(21,22)18-6-3-13(4-7-18)17-14(19)10-16-15(20)12-5-8-23-11-12/h5,8,11,13H,2-4,6-7,9-10H2,1H3,(H,16,20)(H,17,19). The average Bonchev–Trinajstić information content (AvgIpc) is 3.07. The third kappa shape index (κ3) is 5.07. The van der Waals surface area contributed by atoms with Crippen molar-refractivity contribution in [1.29, 1.82) is 0 Å². The van der Waals surface area contributed by atoms with Crippen molar-refractivity contribution in [3.63, 3.8) is 0 Å². The Bertz CT molecular complexity index is 649.